The third-order valence-electron chi connectivity index (χ3n) is 3.29. The Morgan fingerprint density at radius 3 is 1.29 bits per heavy atom. The maximum Gasteiger partial charge on any atom is 3.00 e. The van der Waals surface area contributed by atoms with E-state index in [4.69, 9.17) is 61.3 Å². The summed E-state index contributed by atoms with van der Waals surface area (Å²) in [4.78, 5) is 37.7. The minimum Gasteiger partial charge on any atom is -0.362 e. The molecule has 20 heteroatoms. The van der Waals surface area contributed by atoms with Crippen molar-refractivity contribution in [2.45, 2.75) is 51.4 Å². The number of nitrogens with zero attached hydrogens (tertiary/aromatic N) is 6. The first-order valence-corrected chi connectivity index (χ1v) is 9.90. The quantitative estimate of drug-likeness (QED) is 0.147. The van der Waals surface area contributed by atoms with Gasteiger partial charge in [0, 0.05) is 26.0 Å². The second-order valence-electron chi connectivity index (χ2n) is 5.97. The van der Waals surface area contributed by atoms with Crippen molar-refractivity contribution in [1.29, 1.82) is 0 Å². The molecule has 0 aromatic carbocycles. The monoisotopic (exact) mass is 669 g/mol. The van der Waals surface area contributed by atoms with E-state index in [2.05, 4.69) is 41.9 Å². The summed E-state index contributed by atoms with van der Waals surface area (Å²) in [7, 11) is 2.13. The molecule has 1 aliphatic heterocycles. The van der Waals surface area contributed by atoms with Gasteiger partial charge in [-0.3, -0.25) is 0 Å². The predicted molar refractivity (Wildman–Crippen MR) is 119 cm³/mol. The van der Waals surface area contributed by atoms with Gasteiger partial charge in [-0.25, -0.2) is 0 Å². The summed E-state index contributed by atoms with van der Waals surface area (Å²) in [5, 5.41) is 57.9. The molecule has 0 atom stereocenters. The van der Waals surface area contributed by atoms with Gasteiger partial charge in [-0.1, -0.05) is 38.5 Å². The maximum atomic E-state index is 8.36. The molecule has 0 bridgehead atoms. The van der Waals surface area contributed by atoms with E-state index in [1.807, 2.05) is 0 Å². The van der Waals surface area contributed by atoms with Crippen molar-refractivity contribution >= 4 is 12.6 Å². The molecule has 0 unspecified atom stereocenters. The fourth-order valence-electron chi connectivity index (χ4n) is 2.22. The fraction of sp³-hybridized carbons (Fsp3) is 0.857. The molecule has 0 saturated carbocycles. The first kappa shape index (κ1) is 42.0. The number of rotatable bonds is 10. The minimum absolute atomic E-state index is 0. The summed E-state index contributed by atoms with van der Waals surface area (Å²) in [6.45, 7) is 2.30. The van der Waals surface area contributed by atoms with Crippen LogP contribution in [0.2, 0.25) is 0 Å². The van der Waals surface area contributed by atoms with Crippen LogP contribution in [0.15, 0.2) is 12.4 Å². The fourth-order valence-corrected chi connectivity index (χ4v) is 2.45. The Morgan fingerprint density at radius 2 is 1.03 bits per heavy atom. The summed E-state index contributed by atoms with van der Waals surface area (Å²) >= 11 is 4.23. The number of thiol groups is 1. The molecule has 0 saturated heterocycles. The summed E-state index contributed by atoms with van der Waals surface area (Å²) in [6, 6.07) is 0. The van der Waals surface area contributed by atoms with Crippen LogP contribution in [0.25, 0.3) is 0 Å². The van der Waals surface area contributed by atoms with Gasteiger partial charge < -0.3 is 61.0 Å². The second kappa shape index (κ2) is 32.9. The molecular weight excluding hydrogens is 639 g/mol. The van der Waals surface area contributed by atoms with Gasteiger partial charge in [0.25, 0.3) is 5.09 Å². The van der Waals surface area contributed by atoms with Gasteiger partial charge in [0.1, 0.15) is 0 Å². The minimum atomic E-state index is -1.75. The van der Waals surface area contributed by atoms with E-state index in [0.29, 0.717) is 0 Å². The van der Waals surface area contributed by atoms with Crippen LogP contribution in [0.4, 0.5) is 0 Å². The molecule has 203 valence electrons. The first-order chi connectivity index (χ1) is 15.3. The zero-order valence-corrected chi connectivity index (χ0v) is 21.2. The molecule has 1 radical (unpaired) electrons. The molecule has 0 aromatic heterocycles. The summed E-state index contributed by atoms with van der Waals surface area (Å²) in [5.41, 5.74) is 0. The van der Waals surface area contributed by atoms with Crippen molar-refractivity contribution in [3.8, 4) is 0 Å². The number of hydrogen-bond donors (Lipinski definition) is 2. The Balaban J connectivity index is -0.000000135. The average Bonchev–Trinajstić information content (AvgIpc) is 3.04. The molecule has 1 heterocycles. The SMILES string of the molecule is CN1C=CN(CCCCCCCCCCS)C1.O=[N+]([O-])O.O=[N+]([O-])[O-].O=[N+]([O-])[O-].O=[N+]([O-])[O-].[Dy+3]. The van der Waals surface area contributed by atoms with E-state index in [-0.39, 0.29) is 38.2 Å². The third kappa shape index (κ3) is 78.0. The van der Waals surface area contributed by atoms with Crippen molar-refractivity contribution in [1.82, 2.24) is 9.80 Å². The first-order valence-electron chi connectivity index (χ1n) is 9.27. The molecule has 0 aliphatic carbocycles. The molecule has 18 nitrogen and oxygen atoms in total. The van der Waals surface area contributed by atoms with E-state index in [0.717, 1.165) is 12.4 Å². The van der Waals surface area contributed by atoms with E-state index in [1.54, 1.807) is 0 Å². The number of hydrogen-bond acceptors (Lipinski definition) is 14. The Labute approximate surface area is 231 Å². The van der Waals surface area contributed by atoms with Gasteiger partial charge in [-0.2, -0.15) is 12.6 Å². The Morgan fingerprint density at radius 1 is 0.735 bits per heavy atom. The smallest absolute Gasteiger partial charge is 0.362 e. The van der Waals surface area contributed by atoms with Gasteiger partial charge in [0.15, 0.2) is 0 Å². The van der Waals surface area contributed by atoms with E-state index >= 15 is 0 Å². The van der Waals surface area contributed by atoms with Crippen LogP contribution in [0.1, 0.15) is 51.4 Å². The van der Waals surface area contributed by atoms with Crippen LogP contribution in [0.5, 0.6) is 0 Å². The second-order valence-corrected chi connectivity index (χ2v) is 6.42. The van der Waals surface area contributed by atoms with Gasteiger partial charge >= 0.3 is 38.2 Å². The maximum absolute atomic E-state index is 8.36. The van der Waals surface area contributed by atoms with Crippen LogP contribution in [0.3, 0.4) is 0 Å². The molecular formula is C14H29DyN6O12S. The Bertz CT molecular complexity index is 485. The number of unbranched alkanes of at least 4 members (excludes halogenated alkanes) is 7. The molecule has 1 aliphatic rings. The van der Waals surface area contributed by atoms with Crippen LogP contribution >= 0.6 is 12.6 Å². The topological polar surface area (TPSA) is 268 Å². The van der Waals surface area contributed by atoms with Crippen LogP contribution < -0.4 is 0 Å². The molecule has 0 amide bonds. The molecule has 0 spiro atoms. The predicted octanol–water partition coefficient (Wildman–Crippen LogP) is 2.65. The van der Waals surface area contributed by atoms with E-state index < -0.39 is 20.3 Å². The summed E-state index contributed by atoms with van der Waals surface area (Å²) in [6.07, 6.45) is 15.4. The third-order valence-corrected chi connectivity index (χ3v) is 3.61. The van der Waals surface area contributed by atoms with Crippen molar-refractivity contribution < 1.29 is 63.7 Å². The Hall–Kier alpha value is -2.24. The van der Waals surface area contributed by atoms with Crippen LogP contribution in [-0.2, 0) is 0 Å². The van der Waals surface area contributed by atoms with Gasteiger partial charge in [-0.05, 0) is 18.6 Å². The van der Waals surface area contributed by atoms with Crippen molar-refractivity contribution in [2.24, 2.45) is 0 Å². The zero-order chi connectivity index (χ0) is 26.7. The molecule has 34 heavy (non-hydrogen) atoms. The van der Waals surface area contributed by atoms with E-state index in [9.17, 15) is 0 Å². The van der Waals surface area contributed by atoms with Crippen LogP contribution in [-0.4, -0.2) is 61.4 Å². The van der Waals surface area contributed by atoms with Gasteiger partial charge in [-0.15, -0.1) is 10.1 Å². The summed E-state index contributed by atoms with van der Waals surface area (Å²) in [5.74, 6) is 1.05. The van der Waals surface area contributed by atoms with Crippen molar-refractivity contribution in [3.63, 3.8) is 0 Å². The molecule has 1 N–H and O–H groups in total. The van der Waals surface area contributed by atoms with Crippen molar-refractivity contribution in [2.75, 3.05) is 26.0 Å². The normalized spacial score (nSPS) is 10.3. The summed E-state index contributed by atoms with van der Waals surface area (Å²) < 4.78 is 0. The Kier molecular flexibility index (Phi) is 40.7. The standard InChI is InChI=1S/C14H28N2S.Dy.HNO3.3NO3/c1-15-11-12-16(14-15)10-8-6-4-2-3-5-7-9-13-17;;4*2-1(3)4/h11-12,17H,2-10,13-14H2,1H3;;(H,2,3,4);;;/q;+3;;3*-1. The van der Waals surface area contributed by atoms with Gasteiger partial charge in [0.2, 0.25) is 0 Å². The molecule has 0 aromatic rings. The van der Waals surface area contributed by atoms with E-state index in [1.165, 1.54) is 57.9 Å². The zero-order valence-electron chi connectivity index (χ0n) is 18.3. The molecule has 0 fully saturated rings. The molecule has 1 rings (SSSR count). The van der Waals surface area contributed by atoms with Crippen molar-refractivity contribution in [3.05, 3.63) is 68.5 Å². The van der Waals surface area contributed by atoms with Crippen LogP contribution in [0, 0.1) is 94.3 Å². The largest absolute Gasteiger partial charge is 3.00 e. The average molecular weight is 668 g/mol. The van der Waals surface area contributed by atoms with Gasteiger partial charge in [0.05, 0.1) is 21.9 Å².